The lowest BCUT2D eigenvalue weighted by molar-refractivity contribution is 0.390. The Morgan fingerprint density at radius 1 is 1.21 bits per heavy atom. The van der Waals surface area contributed by atoms with Gasteiger partial charge in [-0.3, -0.25) is 4.99 Å². The Bertz CT molecular complexity index is 485. The molecule has 1 atom stereocenters. The maximum atomic E-state index is 13.1. The number of halogens is 1. The molecule has 3 rings (SSSR count). The van der Waals surface area contributed by atoms with Crippen LogP contribution in [-0.4, -0.2) is 53.0 Å². The molecule has 1 fully saturated rings. The number of aromatic nitrogens is 1. The van der Waals surface area contributed by atoms with Crippen LogP contribution in [0.15, 0.2) is 23.2 Å². The molecule has 4 nitrogen and oxygen atoms in total. The van der Waals surface area contributed by atoms with Gasteiger partial charge in [-0.05, 0) is 12.1 Å². The molecule has 3 heterocycles. The molecule has 2 aliphatic heterocycles. The number of hydrogen-bond acceptors (Lipinski definition) is 5. The van der Waals surface area contributed by atoms with Gasteiger partial charge in [-0.15, -0.1) is 0 Å². The van der Waals surface area contributed by atoms with E-state index < -0.39 is 5.95 Å². The highest BCUT2D eigenvalue weighted by atomic mass is 32.2. The van der Waals surface area contributed by atoms with E-state index in [0.717, 1.165) is 38.5 Å². The van der Waals surface area contributed by atoms with Crippen molar-refractivity contribution in [1.29, 1.82) is 0 Å². The summed E-state index contributed by atoms with van der Waals surface area (Å²) in [4.78, 5) is 13.0. The summed E-state index contributed by atoms with van der Waals surface area (Å²) in [5, 5.41) is 1.76. The third-order valence-electron chi connectivity index (χ3n) is 3.36. The Morgan fingerprint density at radius 3 is 2.58 bits per heavy atom. The standard InChI is InChI=1S/C13H17FN4S/c1-10-9-15-13(19-10)18-7-5-17(6-8-18)12-4-2-3-11(14)16-12/h2-4,10H,5-9H2,1H3/t10-/m0/s1. The Hall–Kier alpha value is -1.30. The molecule has 0 radical (unpaired) electrons. The fourth-order valence-corrected chi connectivity index (χ4v) is 3.33. The van der Waals surface area contributed by atoms with Crippen LogP contribution in [0.5, 0.6) is 0 Å². The third-order valence-corrected chi connectivity index (χ3v) is 4.51. The highest BCUT2D eigenvalue weighted by Gasteiger charge is 2.25. The Balaban J connectivity index is 1.60. The number of thioether (sulfide) groups is 1. The average Bonchev–Trinajstić information content (AvgIpc) is 2.86. The largest absolute Gasteiger partial charge is 0.353 e. The minimum atomic E-state index is -0.413. The van der Waals surface area contributed by atoms with Gasteiger partial charge in [0.2, 0.25) is 5.95 Å². The zero-order valence-electron chi connectivity index (χ0n) is 10.9. The van der Waals surface area contributed by atoms with Gasteiger partial charge < -0.3 is 9.80 Å². The number of rotatable bonds is 1. The first-order valence-electron chi connectivity index (χ1n) is 6.56. The zero-order chi connectivity index (χ0) is 13.2. The van der Waals surface area contributed by atoms with E-state index in [1.807, 2.05) is 17.8 Å². The summed E-state index contributed by atoms with van der Waals surface area (Å²) in [7, 11) is 0. The van der Waals surface area contributed by atoms with Crippen LogP contribution in [0, 0.1) is 5.95 Å². The van der Waals surface area contributed by atoms with Crippen LogP contribution in [0.2, 0.25) is 0 Å². The van der Waals surface area contributed by atoms with Gasteiger partial charge in [0.05, 0.1) is 6.54 Å². The molecular formula is C13H17FN4S. The maximum Gasteiger partial charge on any atom is 0.214 e. The van der Waals surface area contributed by atoms with Crippen molar-refractivity contribution >= 4 is 22.7 Å². The number of nitrogens with zero attached hydrogens (tertiary/aromatic N) is 4. The number of pyridine rings is 1. The third kappa shape index (κ3) is 2.83. The fourth-order valence-electron chi connectivity index (χ4n) is 2.34. The number of hydrogen-bond donors (Lipinski definition) is 0. The SMILES string of the molecule is C[C@H]1CN=C(N2CCN(c3cccc(F)n3)CC2)S1. The lowest BCUT2D eigenvalue weighted by Gasteiger charge is -2.36. The zero-order valence-corrected chi connectivity index (χ0v) is 11.7. The summed E-state index contributed by atoms with van der Waals surface area (Å²) >= 11 is 1.85. The summed E-state index contributed by atoms with van der Waals surface area (Å²) in [6, 6.07) is 4.95. The van der Waals surface area contributed by atoms with E-state index in [-0.39, 0.29) is 0 Å². The van der Waals surface area contributed by atoms with Crippen molar-refractivity contribution in [3.63, 3.8) is 0 Å². The lowest BCUT2D eigenvalue weighted by Crippen LogP contribution is -2.48. The topological polar surface area (TPSA) is 31.7 Å². The number of amidine groups is 1. The van der Waals surface area contributed by atoms with Crippen LogP contribution in [-0.2, 0) is 0 Å². The molecule has 0 bridgehead atoms. The Labute approximate surface area is 116 Å². The number of piperazine rings is 1. The summed E-state index contributed by atoms with van der Waals surface area (Å²) in [6.45, 7) is 6.71. The molecule has 0 spiro atoms. The molecule has 1 aromatic heterocycles. The summed E-state index contributed by atoms with van der Waals surface area (Å²) < 4.78 is 13.1. The normalized spacial score (nSPS) is 23.7. The monoisotopic (exact) mass is 280 g/mol. The molecule has 0 aromatic carbocycles. The summed E-state index contributed by atoms with van der Waals surface area (Å²) in [5.74, 6) is 0.318. The molecule has 0 amide bonds. The maximum absolute atomic E-state index is 13.1. The van der Waals surface area contributed by atoms with Gasteiger partial charge in [-0.2, -0.15) is 4.39 Å². The van der Waals surface area contributed by atoms with E-state index in [1.165, 1.54) is 11.2 Å². The fraction of sp³-hybridized carbons (Fsp3) is 0.538. The second kappa shape index (κ2) is 5.36. The predicted octanol–water partition coefficient (Wildman–Crippen LogP) is 1.83. The predicted molar refractivity (Wildman–Crippen MR) is 77.3 cm³/mol. The highest BCUT2D eigenvalue weighted by molar-refractivity contribution is 8.14. The number of anilines is 1. The summed E-state index contributed by atoms with van der Waals surface area (Å²) in [6.07, 6.45) is 0. The molecule has 19 heavy (non-hydrogen) atoms. The lowest BCUT2D eigenvalue weighted by atomic mass is 10.3. The van der Waals surface area contributed by atoms with E-state index >= 15 is 0 Å². The van der Waals surface area contributed by atoms with Crippen molar-refractivity contribution in [3.8, 4) is 0 Å². The first-order valence-corrected chi connectivity index (χ1v) is 7.44. The van der Waals surface area contributed by atoms with Crippen LogP contribution >= 0.6 is 11.8 Å². The van der Waals surface area contributed by atoms with Gasteiger partial charge >= 0.3 is 0 Å². The van der Waals surface area contributed by atoms with Gasteiger partial charge in [-0.1, -0.05) is 24.8 Å². The van der Waals surface area contributed by atoms with Crippen LogP contribution in [0.1, 0.15) is 6.92 Å². The van der Waals surface area contributed by atoms with E-state index in [4.69, 9.17) is 0 Å². The van der Waals surface area contributed by atoms with E-state index in [2.05, 4.69) is 26.7 Å². The molecule has 0 saturated carbocycles. The second-order valence-electron chi connectivity index (χ2n) is 4.84. The van der Waals surface area contributed by atoms with E-state index in [1.54, 1.807) is 6.07 Å². The molecule has 0 unspecified atom stereocenters. The van der Waals surface area contributed by atoms with E-state index in [9.17, 15) is 4.39 Å². The molecular weight excluding hydrogens is 263 g/mol. The molecule has 102 valence electrons. The number of aliphatic imine (C=N–C) groups is 1. The van der Waals surface area contributed by atoms with Gasteiger partial charge in [0.1, 0.15) is 5.82 Å². The average molecular weight is 280 g/mol. The molecule has 0 N–H and O–H groups in total. The molecule has 1 saturated heterocycles. The Morgan fingerprint density at radius 2 is 1.95 bits per heavy atom. The van der Waals surface area contributed by atoms with Gasteiger partial charge in [0, 0.05) is 31.4 Å². The van der Waals surface area contributed by atoms with Gasteiger partial charge in [0.25, 0.3) is 0 Å². The van der Waals surface area contributed by atoms with Crippen LogP contribution < -0.4 is 4.90 Å². The van der Waals surface area contributed by atoms with Crippen molar-refractivity contribution in [2.45, 2.75) is 12.2 Å². The van der Waals surface area contributed by atoms with Crippen molar-refractivity contribution in [1.82, 2.24) is 9.88 Å². The summed E-state index contributed by atoms with van der Waals surface area (Å²) in [5.41, 5.74) is 0. The van der Waals surface area contributed by atoms with Crippen molar-refractivity contribution in [2.24, 2.45) is 4.99 Å². The molecule has 1 aromatic rings. The van der Waals surface area contributed by atoms with Crippen molar-refractivity contribution in [3.05, 3.63) is 24.1 Å². The minimum Gasteiger partial charge on any atom is -0.353 e. The van der Waals surface area contributed by atoms with Gasteiger partial charge in [0.15, 0.2) is 5.17 Å². The second-order valence-corrected chi connectivity index (χ2v) is 6.25. The highest BCUT2D eigenvalue weighted by Crippen LogP contribution is 2.24. The van der Waals surface area contributed by atoms with Gasteiger partial charge in [-0.25, -0.2) is 4.98 Å². The minimum absolute atomic E-state index is 0.413. The molecule has 6 heteroatoms. The van der Waals surface area contributed by atoms with E-state index in [0.29, 0.717) is 5.25 Å². The smallest absolute Gasteiger partial charge is 0.214 e. The first kappa shape index (κ1) is 12.7. The van der Waals surface area contributed by atoms with Crippen LogP contribution in [0.4, 0.5) is 10.2 Å². The molecule has 2 aliphatic rings. The first-order chi connectivity index (χ1) is 9.22. The molecule has 0 aliphatic carbocycles. The van der Waals surface area contributed by atoms with Crippen LogP contribution in [0.3, 0.4) is 0 Å². The Kier molecular flexibility index (Phi) is 3.59. The van der Waals surface area contributed by atoms with Crippen molar-refractivity contribution in [2.75, 3.05) is 37.6 Å². The van der Waals surface area contributed by atoms with Crippen LogP contribution in [0.25, 0.3) is 0 Å². The quantitative estimate of drug-likeness (QED) is 0.735. The van der Waals surface area contributed by atoms with Crippen molar-refractivity contribution < 1.29 is 4.39 Å².